The summed E-state index contributed by atoms with van der Waals surface area (Å²) in [6, 6.07) is -0.665. The van der Waals surface area contributed by atoms with Gasteiger partial charge in [-0.25, -0.2) is 23.2 Å². The van der Waals surface area contributed by atoms with Crippen LogP contribution in [0.2, 0.25) is 0 Å². The van der Waals surface area contributed by atoms with Gasteiger partial charge in [-0.05, 0) is 64.2 Å². The second kappa shape index (κ2) is 17.5. The molecule has 2 saturated carbocycles. The molecule has 1 aromatic heterocycles. The van der Waals surface area contributed by atoms with E-state index in [0.717, 1.165) is 18.1 Å². The summed E-state index contributed by atoms with van der Waals surface area (Å²) in [5, 5.41) is 4.30. The topological polar surface area (TPSA) is 204 Å². The lowest BCUT2D eigenvalue weighted by Gasteiger charge is -2.35. The van der Waals surface area contributed by atoms with Crippen LogP contribution in [0.3, 0.4) is 0 Å². The number of carbonyl (C=O) groups is 4. The number of halogens is 6. The highest BCUT2D eigenvalue weighted by molar-refractivity contribution is 7.91. The number of hydrogen-bond donors (Lipinski definition) is 3. The summed E-state index contributed by atoms with van der Waals surface area (Å²) < 4.78 is 132. The van der Waals surface area contributed by atoms with E-state index in [1.807, 2.05) is 13.0 Å². The smallest absolute Gasteiger partial charge is 0.438 e. The number of carbonyl (C=O) groups excluding carboxylic acids is 4. The van der Waals surface area contributed by atoms with Gasteiger partial charge in [-0.2, -0.15) is 26.3 Å². The Balaban J connectivity index is 1.39. The molecule has 7 atom stereocenters. The number of amides is 4. The van der Waals surface area contributed by atoms with Gasteiger partial charge in [-0.1, -0.05) is 32.4 Å². The molecule has 2 aromatic rings. The Bertz CT molecular complexity index is 2250. The normalized spacial score (nSPS) is 27.3. The Morgan fingerprint density at radius 1 is 0.984 bits per heavy atom. The number of hydrogen-bond acceptors (Lipinski definition) is 12. The van der Waals surface area contributed by atoms with Crippen molar-refractivity contribution in [1.82, 2.24) is 30.2 Å². The fourth-order valence-corrected chi connectivity index (χ4v) is 9.33. The Hall–Kier alpha value is -5.09. The van der Waals surface area contributed by atoms with Crippen molar-refractivity contribution in [2.24, 2.45) is 17.8 Å². The fourth-order valence-electron chi connectivity index (χ4n) is 7.97. The average molecular weight is 921 g/mol. The number of benzene rings is 1. The maximum Gasteiger partial charge on any atom is 0.438 e. The molecule has 1 saturated heterocycles. The van der Waals surface area contributed by atoms with E-state index in [4.69, 9.17) is 18.9 Å². The SMILES string of the molecule is CCC1CC(C)CCC=CC2CC2(C(=O)NS(=O)(=O)C2CC2)NC(=O)C2CC(Oc3cc4nc(OC)c(C(F)(F)F)nc4cc3OC)CN2C(=O)C1NC(=O)OC(C)(C)C(F)(F)F. The predicted molar refractivity (Wildman–Crippen MR) is 211 cm³/mol. The van der Waals surface area contributed by atoms with Gasteiger partial charge in [0.15, 0.2) is 11.5 Å². The number of alkyl halides is 6. The Morgan fingerprint density at radius 2 is 1.65 bits per heavy atom. The Labute approximate surface area is 359 Å². The molecular formula is C40H50F6N6O10S. The quantitative estimate of drug-likeness (QED) is 0.204. The molecule has 16 nitrogen and oxygen atoms in total. The number of aromatic nitrogens is 2. The summed E-state index contributed by atoms with van der Waals surface area (Å²) in [6.45, 7) is 4.52. The minimum absolute atomic E-state index is 0.0230. The molecule has 2 aliphatic carbocycles. The number of rotatable bonds is 10. The van der Waals surface area contributed by atoms with Crippen molar-refractivity contribution in [2.75, 3.05) is 20.8 Å². The standard InChI is InChI=1S/C40H50F6N6O10S/c1-7-21-14-20(2)10-8-9-11-22-18-38(22,35(55)51-63(57,58)24-12-13-24)50-32(53)27-15-23(19-52(27)34(54)30(21)49-36(56)62-37(3,4)40(44,45)46)61-29-17-26-25(16-28(29)59-5)47-31(39(41,42)43)33(48-26)60-6/h9,11,16-17,20-24,27,30H,7-8,10,12-15,18-19H2,1-6H3,(H,49,56)(H,50,53)(H,51,55). The van der Waals surface area contributed by atoms with Crippen LogP contribution in [0, 0.1) is 17.8 Å². The first-order valence-electron chi connectivity index (χ1n) is 20.4. The maximum atomic E-state index is 14.9. The van der Waals surface area contributed by atoms with E-state index < -0.39 is 111 Å². The molecule has 0 radical (unpaired) electrons. The van der Waals surface area contributed by atoms with Crippen molar-refractivity contribution < 1.29 is 72.9 Å². The van der Waals surface area contributed by atoms with Crippen molar-refractivity contribution in [3.05, 3.63) is 30.0 Å². The van der Waals surface area contributed by atoms with E-state index in [2.05, 4.69) is 25.3 Å². The summed E-state index contributed by atoms with van der Waals surface area (Å²) in [5.74, 6) is -5.22. The number of alkyl carbamates (subject to hydrolysis) is 1. The monoisotopic (exact) mass is 920 g/mol. The van der Waals surface area contributed by atoms with Crippen molar-refractivity contribution in [1.29, 1.82) is 0 Å². The molecule has 6 rings (SSSR count). The first kappa shape index (κ1) is 47.4. The van der Waals surface area contributed by atoms with Crippen LogP contribution < -0.4 is 29.6 Å². The lowest BCUT2D eigenvalue weighted by molar-refractivity contribution is -0.244. The van der Waals surface area contributed by atoms with E-state index in [1.165, 1.54) is 13.2 Å². The molecule has 7 unspecified atom stereocenters. The zero-order valence-electron chi connectivity index (χ0n) is 35.3. The molecule has 1 aromatic carbocycles. The number of sulfonamides is 1. The van der Waals surface area contributed by atoms with Gasteiger partial charge in [0.05, 0.1) is 37.0 Å². The number of methoxy groups -OCH3 is 2. The molecule has 4 amide bonds. The average Bonchev–Trinajstić information content (AvgIpc) is 4.12. The zero-order chi connectivity index (χ0) is 46.4. The molecule has 3 heterocycles. The van der Waals surface area contributed by atoms with Gasteiger partial charge in [-0.3, -0.25) is 19.1 Å². The number of nitrogens with one attached hydrogen (secondary N) is 3. The summed E-state index contributed by atoms with van der Waals surface area (Å²) in [4.78, 5) is 65.2. The zero-order valence-corrected chi connectivity index (χ0v) is 36.1. The molecule has 2 aliphatic heterocycles. The third-order valence-electron chi connectivity index (χ3n) is 12.0. The Kier molecular flexibility index (Phi) is 13.1. The number of fused-ring (bicyclic) bond motifs is 3. The van der Waals surface area contributed by atoms with E-state index in [1.54, 1.807) is 13.0 Å². The number of nitrogens with zero attached hydrogens (tertiary/aromatic N) is 3. The molecular weight excluding hydrogens is 871 g/mol. The van der Waals surface area contributed by atoms with E-state index in [-0.39, 0.29) is 47.7 Å². The minimum Gasteiger partial charge on any atom is -0.493 e. The minimum atomic E-state index is -4.98. The highest BCUT2D eigenvalue weighted by Crippen LogP contribution is 2.47. The van der Waals surface area contributed by atoms with Gasteiger partial charge in [0.2, 0.25) is 39.0 Å². The highest BCUT2D eigenvalue weighted by atomic mass is 32.2. The summed E-state index contributed by atoms with van der Waals surface area (Å²) in [5.41, 5.74) is -6.43. The lowest BCUT2D eigenvalue weighted by atomic mass is 9.85. The highest BCUT2D eigenvalue weighted by Gasteiger charge is 2.62. The third-order valence-corrected chi connectivity index (χ3v) is 13.8. The van der Waals surface area contributed by atoms with Crippen LogP contribution in [0.25, 0.3) is 11.0 Å². The van der Waals surface area contributed by atoms with Crippen molar-refractivity contribution in [3.8, 4) is 17.4 Å². The first-order valence-corrected chi connectivity index (χ1v) is 22.0. The molecule has 3 N–H and O–H groups in total. The summed E-state index contributed by atoms with van der Waals surface area (Å²) in [6.07, 6.45) is -6.99. The largest absolute Gasteiger partial charge is 0.493 e. The van der Waals surface area contributed by atoms with E-state index in [9.17, 15) is 53.9 Å². The van der Waals surface area contributed by atoms with Gasteiger partial charge >= 0.3 is 18.4 Å². The predicted octanol–water partition coefficient (Wildman–Crippen LogP) is 5.34. The third kappa shape index (κ3) is 10.2. The molecule has 23 heteroatoms. The summed E-state index contributed by atoms with van der Waals surface area (Å²) in [7, 11) is -1.87. The van der Waals surface area contributed by atoms with E-state index in [0.29, 0.717) is 46.0 Å². The Morgan fingerprint density at radius 3 is 2.25 bits per heavy atom. The van der Waals surface area contributed by atoms with Crippen LogP contribution in [-0.4, -0.2) is 109 Å². The first-order chi connectivity index (χ1) is 29.3. The van der Waals surface area contributed by atoms with Crippen LogP contribution in [0.1, 0.15) is 84.8 Å². The molecule has 0 spiro atoms. The molecule has 3 fully saturated rings. The van der Waals surface area contributed by atoms with Gasteiger partial charge < -0.3 is 34.5 Å². The lowest BCUT2D eigenvalue weighted by Crippen LogP contribution is -2.59. The van der Waals surface area contributed by atoms with Crippen molar-refractivity contribution in [3.63, 3.8) is 0 Å². The van der Waals surface area contributed by atoms with Gasteiger partial charge in [0, 0.05) is 24.5 Å². The molecule has 4 aliphatic rings. The summed E-state index contributed by atoms with van der Waals surface area (Å²) >= 11 is 0. The molecule has 63 heavy (non-hydrogen) atoms. The molecule has 348 valence electrons. The second-order valence-corrected chi connectivity index (χ2v) is 19.0. The van der Waals surface area contributed by atoms with Gasteiger partial charge in [0.25, 0.3) is 5.91 Å². The van der Waals surface area contributed by atoms with Crippen molar-refractivity contribution >= 4 is 44.9 Å². The fraction of sp³-hybridized carbons (Fsp3) is 0.650. The second-order valence-electron chi connectivity index (χ2n) is 17.0. The number of ether oxygens (including phenoxy) is 4. The van der Waals surface area contributed by atoms with Crippen molar-refractivity contribution in [2.45, 2.75) is 126 Å². The number of allylic oxidation sites excluding steroid dienone is 1. The van der Waals surface area contributed by atoms with Gasteiger partial charge in [0.1, 0.15) is 23.7 Å². The van der Waals surface area contributed by atoms with Crippen LogP contribution in [0.4, 0.5) is 31.1 Å². The van der Waals surface area contributed by atoms with Gasteiger partial charge in [-0.15, -0.1) is 0 Å². The molecule has 0 bridgehead atoms. The van der Waals surface area contributed by atoms with E-state index >= 15 is 0 Å². The van der Waals surface area contributed by atoms with Crippen LogP contribution in [-0.2, 0) is 35.3 Å². The van der Waals surface area contributed by atoms with Crippen LogP contribution in [0.5, 0.6) is 17.4 Å². The maximum absolute atomic E-state index is 14.9. The van der Waals surface area contributed by atoms with Crippen LogP contribution >= 0.6 is 0 Å². The van der Waals surface area contributed by atoms with Crippen LogP contribution in [0.15, 0.2) is 24.3 Å².